The van der Waals surface area contributed by atoms with Crippen LogP contribution in [-0.4, -0.2) is 48.5 Å². The molecule has 1 unspecified atom stereocenters. The molecule has 0 fully saturated rings. The topological polar surface area (TPSA) is 55.4 Å². The Bertz CT molecular complexity index is 237. The zero-order valence-electron chi connectivity index (χ0n) is 14.4. The van der Waals surface area contributed by atoms with Crippen LogP contribution in [0.2, 0.25) is 6.04 Å². The Morgan fingerprint density at radius 2 is 1.33 bits per heavy atom. The van der Waals surface area contributed by atoms with Crippen LogP contribution in [0.15, 0.2) is 0 Å². The van der Waals surface area contributed by atoms with Gasteiger partial charge in [0, 0.05) is 19.8 Å². The maximum Gasteiger partial charge on any atom is 0.506 e. The predicted molar refractivity (Wildman–Crippen MR) is 82.8 cm³/mol. The van der Waals surface area contributed by atoms with Gasteiger partial charge in [-0.2, -0.15) is 0 Å². The Morgan fingerprint density at radius 3 is 1.67 bits per heavy atom. The van der Waals surface area contributed by atoms with Crippen LogP contribution >= 0.6 is 0 Å². The fourth-order valence-corrected chi connectivity index (χ4v) is 4.25. The molecular formula is C14H32O6Si. The summed E-state index contributed by atoms with van der Waals surface area (Å²) in [6, 6.07) is 0.679. The first kappa shape index (κ1) is 21.0. The maximum atomic E-state index is 6.07. The van der Waals surface area contributed by atoms with Crippen molar-refractivity contribution in [3.63, 3.8) is 0 Å². The summed E-state index contributed by atoms with van der Waals surface area (Å²) >= 11 is 0. The van der Waals surface area contributed by atoms with E-state index in [2.05, 4.69) is 6.92 Å². The molecule has 0 aromatic carbocycles. The van der Waals surface area contributed by atoms with E-state index in [4.69, 9.17) is 27.5 Å². The van der Waals surface area contributed by atoms with Crippen molar-refractivity contribution in [1.29, 1.82) is 0 Å². The van der Waals surface area contributed by atoms with E-state index in [0.29, 0.717) is 32.5 Å². The maximum absolute atomic E-state index is 6.07. The van der Waals surface area contributed by atoms with Gasteiger partial charge in [-0.1, -0.05) is 20.3 Å². The summed E-state index contributed by atoms with van der Waals surface area (Å²) in [5, 5.41) is 0. The fraction of sp³-hybridized carbons (Fsp3) is 1.00. The third-order valence-corrected chi connectivity index (χ3v) is 5.58. The van der Waals surface area contributed by atoms with Crippen LogP contribution in [0.4, 0.5) is 0 Å². The van der Waals surface area contributed by atoms with Crippen LogP contribution in [0.3, 0.4) is 0 Å². The molecule has 0 rings (SSSR count). The standard InChI is InChI=1S/C14H32O6Si/c1-7-12-19-21(15-6,13-8-2)20-14(16-9-3,17-10-4)18-11-5/h7-13H2,1-6H3. The van der Waals surface area contributed by atoms with E-state index in [1.165, 1.54) is 0 Å². The van der Waals surface area contributed by atoms with Gasteiger partial charge in [-0.15, -0.1) is 0 Å². The Kier molecular flexibility index (Phi) is 11.5. The summed E-state index contributed by atoms with van der Waals surface area (Å²) in [4.78, 5) is 0. The zero-order valence-corrected chi connectivity index (χ0v) is 15.4. The molecule has 0 bridgehead atoms. The zero-order chi connectivity index (χ0) is 16.2. The van der Waals surface area contributed by atoms with Crippen molar-refractivity contribution >= 4 is 8.80 Å². The lowest BCUT2D eigenvalue weighted by Crippen LogP contribution is -2.56. The molecule has 0 saturated heterocycles. The number of rotatable bonds is 14. The molecule has 0 amide bonds. The summed E-state index contributed by atoms with van der Waals surface area (Å²) in [7, 11) is -1.31. The number of hydrogen-bond donors (Lipinski definition) is 0. The largest absolute Gasteiger partial charge is 0.506 e. The van der Waals surface area contributed by atoms with Crippen molar-refractivity contribution in [3.8, 4) is 0 Å². The van der Waals surface area contributed by atoms with Crippen LogP contribution in [0.1, 0.15) is 47.5 Å². The van der Waals surface area contributed by atoms with Gasteiger partial charge >= 0.3 is 15.0 Å². The van der Waals surface area contributed by atoms with Crippen molar-refractivity contribution in [2.45, 2.75) is 59.7 Å². The van der Waals surface area contributed by atoms with Gasteiger partial charge in [0.25, 0.3) is 0 Å². The van der Waals surface area contributed by atoms with Gasteiger partial charge in [-0.3, -0.25) is 4.43 Å². The van der Waals surface area contributed by atoms with E-state index in [1.54, 1.807) is 7.11 Å². The lowest BCUT2D eigenvalue weighted by Gasteiger charge is -2.38. The molecule has 0 N–H and O–H groups in total. The van der Waals surface area contributed by atoms with Crippen molar-refractivity contribution in [2.75, 3.05) is 33.5 Å². The SMILES string of the molecule is CCCO[Si](CCC)(OC)OC(OCC)(OCC)OCC. The molecule has 0 aromatic rings. The minimum absolute atomic E-state index is 0.397. The predicted octanol–water partition coefficient (Wildman–Crippen LogP) is 3.15. The first-order valence-electron chi connectivity index (χ1n) is 7.88. The molecule has 0 saturated carbocycles. The van der Waals surface area contributed by atoms with E-state index in [-0.39, 0.29) is 0 Å². The van der Waals surface area contributed by atoms with Crippen LogP contribution in [0.25, 0.3) is 0 Å². The second kappa shape index (κ2) is 11.5. The Balaban J connectivity index is 5.22. The third kappa shape index (κ3) is 7.18. The molecule has 128 valence electrons. The molecule has 6 nitrogen and oxygen atoms in total. The van der Waals surface area contributed by atoms with E-state index < -0.39 is 15.0 Å². The number of ether oxygens (including phenoxy) is 3. The molecule has 0 aliphatic carbocycles. The average Bonchev–Trinajstić information content (AvgIpc) is 2.46. The molecule has 0 aliphatic heterocycles. The minimum atomic E-state index is -2.91. The first-order valence-corrected chi connectivity index (χ1v) is 9.81. The number of hydrogen-bond acceptors (Lipinski definition) is 6. The van der Waals surface area contributed by atoms with Gasteiger partial charge in [0.15, 0.2) is 0 Å². The van der Waals surface area contributed by atoms with E-state index >= 15 is 0 Å². The Hall–Kier alpha value is -0.0231. The average molecular weight is 324 g/mol. The summed E-state index contributed by atoms with van der Waals surface area (Å²) in [6.07, 6.45) is 0.212. The van der Waals surface area contributed by atoms with Gasteiger partial charge < -0.3 is 23.1 Å². The minimum Gasteiger partial charge on any atom is -0.377 e. The quantitative estimate of drug-likeness (QED) is 0.361. The Morgan fingerprint density at radius 1 is 0.810 bits per heavy atom. The fourth-order valence-electron chi connectivity index (χ4n) is 1.85. The summed E-state index contributed by atoms with van der Waals surface area (Å²) in [6.45, 7) is 11.4. The highest BCUT2D eigenvalue weighted by atomic mass is 28.4. The second-order valence-electron chi connectivity index (χ2n) is 4.39. The van der Waals surface area contributed by atoms with Gasteiger partial charge in [-0.25, -0.2) is 0 Å². The second-order valence-corrected chi connectivity index (χ2v) is 7.15. The van der Waals surface area contributed by atoms with E-state index in [1.807, 2.05) is 27.7 Å². The van der Waals surface area contributed by atoms with E-state index in [0.717, 1.165) is 12.8 Å². The molecule has 7 heteroatoms. The molecule has 0 radical (unpaired) electrons. The molecule has 0 aliphatic rings. The van der Waals surface area contributed by atoms with Gasteiger partial charge in [0.05, 0.1) is 19.8 Å². The lowest BCUT2D eigenvalue weighted by atomic mass is 10.5. The lowest BCUT2D eigenvalue weighted by molar-refractivity contribution is -0.478. The highest BCUT2D eigenvalue weighted by molar-refractivity contribution is 6.60. The first-order chi connectivity index (χ1) is 10.1. The van der Waals surface area contributed by atoms with Crippen molar-refractivity contribution in [3.05, 3.63) is 0 Å². The van der Waals surface area contributed by atoms with Crippen molar-refractivity contribution < 1.29 is 27.5 Å². The van der Waals surface area contributed by atoms with Gasteiger partial charge in [0.2, 0.25) is 0 Å². The summed E-state index contributed by atoms with van der Waals surface area (Å²) < 4.78 is 34.4. The molecule has 0 spiro atoms. The van der Waals surface area contributed by atoms with Crippen LogP contribution < -0.4 is 0 Å². The van der Waals surface area contributed by atoms with Gasteiger partial charge in [0.1, 0.15) is 0 Å². The smallest absolute Gasteiger partial charge is 0.377 e. The highest BCUT2D eigenvalue weighted by Crippen LogP contribution is 2.28. The van der Waals surface area contributed by atoms with Crippen molar-refractivity contribution in [1.82, 2.24) is 0 Å². The third-order valence-electron chi connectivity index (χ3n) is 2.64. The molecule has 21 heavy (non-hydrogen) atoms. The monoisotopic (exact) mass is 324 g/mol. The molecule has 1 atom stereocenters. The van der Waals surface area contributed by atoms with Crippen molar-refractivity contribution in [2.24, 2.45) is 0 Å². The normalized spacial score (nSPS) is 15.1. The summed E-state index contributed by atoms with van der Waals surface area (Å²) in [5.74, 6) is 0. The van der Waals surface area contributed by atoms with Gasteiger partial charge in [-0.05, 0) is 27.2 Å². The summed E-state index contributed by atoms with van der Waals surface area (Å²) in [5.41, 5.74) is 0. The molecule has 0 heterocycles. The van der Waals surface area contributed by atoms with E-state index in [9.17, 15) is 0 Å². The molecule has 0 aromatic heterocycles. The Labute approximate surface area is 130 Å². The van der Waals surface area contributed by atoms with Crippen LogP contribution in [-0.2, 0) is 27.5 Å². The van der Waals surface area contributed by atoms with Crippen LogP contribution in [0.5, 0.6) is 0 Å². The molecular weight excluding hydrogens is 292 g/mol. The van der Waals surface area contributed by atoms with Crippen LogP contribution in [0, 0.1) is 0 Å². The highest BCUT2D eigenvalue weighted by Gasteiger charge is 2.50.